The maximum absolute atomic E-state index is 12.3. The van der Waals surface area contributed by atoms with Gasteiger partial charge < -0.3 is 5.11 Å². The summed E-state index contributed by atoms with van der Waals surface area (Å²) in [5.74, 6) is 0.918. The largest absolute Gasteiger partial charge is 0.507 e. The summed E-state index contributed by atoms with van der Waals surface area (Å²) in [5.41, 5.74) is 12.1. The summed E-state index contributed by atoms with van der Waals surface area (Å²) >= 11 is 0. The number of nitrogens with zero attached hydrogens (tertiary/aromatic N) is 4. The molecule has 56 heavy (non-hydrogen) atoms. The van der Waals surface area contributed by atoms with Crippen molar-refractivity contribution >= 4 is 24.3 Å². The van der Waals surface area contributed by atoms with Crippen LogP contribution in [0.3, 0.4) is 0 Å². The Bertz CT molecular complexity index is 2560. The van der Waals surface area contributed by atoms with E-state index in [4.69, 9.17) is 15.0 Å². The van der Waals surface area contributed by atoms with Crippen LogP contribution in [0.4, 0.5) is 0 Å². The molecule has 4 aromatic carbocycles. The molecule has 5 nitrogen and oxygen atoms in total. The number of rotatable bonds is 6. The van der Waals surface area contributed by atoms with Crippen molar-refractivity contribution in [3.05, 3.63) is 132 Å². The van der Waals surface area contributed by atoms with E-state index in [1.165, 1.54) is 10.8 Å². The van der Waals surface area contributed by atoms with E-state index >= 15 is 0 Å². The van der Waals surface area contributed by atoms with Gasteiger partial charge in [-0.1, -0.05) is 149 Å². The van der Waals surface area contributed by atoms with Crippen molar-refractivity contribution < 1.29 is 5.11 Å². The van der Waals surface area contributed by atoms with Gasteiger partial charge in [-0.15, -0.1) is 0 Å². The van der Waals surface area contributed by atoms with E-state index in [2.05, 4.69) is 184 Å². The molecule has 3 heterocycles. The van der Waals surface area contributed by atoms with E-state index in [9.17, 15) is 5.11 Å². The van der Waals surface area contributed by atoms with Gasteiger partial charge in [-0.05, 0) is 74.0 Å². The molecule has 1 N–H and O–H groups in total. The topological polar surface area (TPSA) is 63.8 Å². The van der Waals surface area contributed by atoms with Gasteiger partial charge in [0, 0.05) is 34.6 Å². The molecule has 6 heteroatoms. The van der Waals surface area contributed by atoms with E-state index in [1.54, 1.807) is 0 Å². The van der Waals surface area contributed by atoms with Crippen LogP contribution in [0.25, 0.3) is 61.6 Å². The minimum atomic E-state index is -1.51. The van der Waals surface area contributed by atoms with Gasteiger partial charge in [0.05, 0.1) is 36.7 Å². The highest BCUT2D eigenvalue weighted by molar-refractivity contribution is 6.88. The lowest BCUT2D eigenvalue weighted by atomic mass is 9.79. The van der Waals surface area contributed by atoms with Crippen LogP contribution in [0.2, 0.25) is 19.6 Å². The molecule has 0 spiro atoms. The van der Waals surface area contributed by atoms with Crippen LogP contribution in [0, 0.1) is 0 Å². The first-order chi connectivity index (χ1) is 26.2. The number of imidazole rings is 1. The van der Waals surface area contributed by atoms with Crippen molar-refractivity contribution in [2.45, 2.75) is 98.2 Å². The van der Waals surface area contributed by atoms with Crippen LogP contribution >= 0.6 is 0 Å². The molecular weight excluding hydrogens is 701 g/mol. The maximum Gasteiger partial charge on any atom is 0.149 e. The first kappa shape index (κ1) is 38.9. The van der Waals surface area contributed by atoms with Crippen LogP contribution < -0.4 is 5.19 Å². The molecule has 0 saturated carbocycles. The summed E-state index contributed by atoms with van der Waals surface area (Å²) in [7, 11) is -1.51. The van der Waals surface area contributed by atoms with E-state index in [-0.39, 0.29) is 22.0 Å². The third-order valence-corrected chi connectivity index (χ3v) is 12.9. The maximum atomic E-state index is 12.3. The Balaban J connectivity index is 1.57. The molecule has 0 unspecified atom stereocenters. The minimum absolute atomic E-state index is 0.119. The number of phenols is 1. The predicted molar refractivity (Wildman–Crippen MR) is 239 cm³/mol. The SMILES string of the molecule is CC(C)(C)c1cc(-c2ccc([Si](C)(C)C)cn2)cc(-c2cncc3c2nc(-c2cc(C(C)(C)C)cc(C(C)(C)C)c2O)n3-c2ccccc2-c2ccccc2)c1. The van der Waals surface area contributed by atoms with Crippen LogP contribution in [0.15, 0.2) is 116 Å². The number of fused-ring (bicyclic) bond motifs is 1. The van der Waals surface area contributed by atoms with Gasteiger partial charge in [0.2, 0.25) is 0 Å². The number of aromatic hydroxyl groups is 1. The zero-order valence-electron chi connectivity index (χ0n) is 35.2. The number of benzene rings is 4. The summed E-state index contributed by atoms with van der Waals surface area (Å²) in [6.45, 7) is 26.9. The van der Waals surface area contributed by atoms with Crippen molar-refractivity contribution in [2.24, 2.45) is 0 Å². The molecule has 0 amide bonds. The predicted octanol–water partition coefficient (Wildman–Crippen LogP) is 12.6. The van der Waals surface area contributed by atoms with Crippen LogP contribution in [0.5, 0.6) is 5.75 Å². The lowest BCUT2D eigenvalue weighted by Gasteiger charge is -2.27. The van der Waals surface area contributed by atoms with Crippen LogP contribution in [0.1, 0.15) is 79.0 Å². The van der Waals surface area contributed by atoms with Crippen molar-refractivity contribution in [3.8, 4) is 56.3 Å². The summed E-state index contributed by atoms with van der Waals surface area (Å²) in [5, 5.41) is 13.7. The van der Waals surface area contributed by atoms with Gasteiger partial charge in [0.25, 0.3) is 0 Å². The van der Waals surface area contributed by atoms with Crippen molar-refractivity contribution in [1.82, 2.24) is 19.5 Å². The lowest BCUT2D eigenvalue weighted by Crippen LogP contribution is -2.37. The Kier molecular flexibility index (Phi) is 9.73. The first-order valence-corrected chi connectivity index (χ1v) is 23.2. The molecule has 0 saturated heterocycles. The van der Waals surface area contributed by atoms with Crippen molar-refractivity contribution in [1.29, 1.82) is 0 Å². The standard InChI is InChI=1S/C50H56N4OSi/c1-48(2,3)35-25-33(24-34(26-35)42-23-22-37(29-52-42)56(10,11)12)40-30-51-31-44-45(40)53-47(39-27-36(49(4,5)6)28-41(46(39)55)50(7,8)9)54(44)43-21-17-16-20-38(43)32-18-14-13-15-19-32/h13-31,55H,1-12H3. The van der Waals surface area contributed by atoms with Crippen LogP contribution in [-0.4, -0.2) is 32.7 Å². The number of hydrogen-bond donors (Lipinski definition) is 1. The molecule has 0 aliphatic rings. The quantitative estimate of drug-likeness (QED) is 0.172. The highest BCUT2D eigenvalue weighted by Crippen LogP contribution is 2.45. The molecule has 7 rings (SSSR count). The Morgan fingerprint density at radius 2 is 1.21 bits per heavy atom. The zero-order chi connectivity index (χ0) is 40.4. The zero-order valence-corrected chi connectivity index (χ0v) is 36.2. The number of phenolic OH excluding ortho intramolecular Hbond substituents is 1. The van der Waals surface area contributed by atoms with E-state index in [0.717, 1.165) is 61.4 Å². The van der Waals surface area contributed by atoms with E-state index in [0.29, 0.717) is 11.4 Å². The highest BCUT2D eigenvalue weighted by atomic mass is 28.3. The smallest absolute Gasteiger partial charge is 0.149 e. The average molecular weight is 757 g/mol. The molecule has 0 atom stereocenters. The fourth-order valence-electron chi connectivity index (χ4n) is 7.34. The third-order valence-electron chi connectivity index (χ3n) is 10.9. The number of aromatic nitrogens is 4. The normalized spacial score (nSPS) is 12.7. The fraction of sp³-hybridized carbons (Fsp3) is 0.300. The monoisotopic (exact) mass is 756 g/mol. The molecule has 0 fully saturated rings. The number of para-hydroxylation sites is 1. The van der Waals surface area contributed by atoms with Crippen molar-refractivity contribution in [2.75, 3.05) is 0 Å². The van der Waals surface area contributed by atoms with Crippen molar-refractivity contribution in [3.63, 3.8) is 0 Å². The Morgan fingerprint density at radius 3 is 1.84 bits per heavy atom. The second-order valence-corrected chi connectivity index (χ2v) is 24.4. The van der Waals surface area contributed by atoms with Gasteiger partial charge in [-0.25, -0.2) is 4.98 Å². The average Bonchev–Trinajstić information content (AvgIpc) is 3.53. The van der Waals surface area contributed by atoms with Gasteiger partial charge >= 0.3 is 0 Å². The van der Waals surface area contributed by atoms with E-state index < -0.39 is 8.07 Å². The Morgan fingerprint density at radius 1 is 0.571 bits per heavy atom. The third kappa shape index (κ3) is 7.47. The molecule has 7 aromatic rings. The summed E-state index contributed by atoms with van der Waals surface area (Å²) in [6.07, 6.45) is 5.92. The molecule has 0 aliphatic carbocycles. The molecule has 0 aliphatic heterocycles. The molecule has 3 aromatic heterocycles. The summed E-state index contributed by atoms with van der Waals surface area (Å²) < 4.78 is 2.20. The highest BCUT2D eigenvalue weighted by Gasteiger charge is 2.29. The lowest BCUT2D eigenvalue weighted by molar-refractivity contribution is 0.446. The minimum Gasteiger partial charge on any atom is -0.507 e. The second kappa shape index (κ2) is 14.0. The fourth-order valence-corrected chi connectivity index (χ4v) is 8.38. The summed E-state index contributed by atoms with van der Waals surface area (Å²) in [6, 6.07) is 34.4. The summed E-state index contributed by atoms with van der Waals surface area (Å²) in [4.78, 5) is 15.5. The van der Waals surface area contributed by atoms with Gasteiger partial charge in [0.15, 0.2) is 0 Å². The van der Waals surface area contributed by atoms with Crippen LogP contribution in [-0.2, 0) is 16.2 Å². The Labute approximate surface area is 334 Å². The molecule has 0 bridgehead atoms. The second-order valence-electron chi connectivity index (χ2n) is 19.4. The number of hydrogen-bond acceptors (Lipinski definition) is 4. The Hall–Kier alpha value is -5.33. The molecular formula is C50H56N4OSi. The van der Waals surface area contributed by atoms with Gasteiger partial charge in [-0.3, -0.25) is 14.5 Å². The molecule has 0 radical (unpaired) electrons. The van der Waals surface area contributed by atoms with Gasteiger partial charge in [0.1, 0.15) is 17.1 Å². The number of pyridine rings is 2. The first-order valence-electron chi connectivity index (χ1n) is 19.7. The van der Waals surface area contributed by atoms with E-state index in [1.807, 2.05) is 18.5 Å². The van der Waals surface area contributed by atoms with Gasteiger partial charge in [-0.2, -0.15) is 0 Å². The molecule has 286 valence electrons.